The van der Waals surface area contributed by atoms with Crippen LogP contribution in [0.25, 0.3) is 0 Å². The van der Waals surface area contributed by atoms with Gasteiger partial charge < -0.3 is 14.7 Å². The number of amides is 1. The molecule has 0 saturated carbocycles. The fraction of sp³-hybridized carbons (Fsp3) is 0.300. The van der Waals surface area contributed by atoms with E-state index in [1.807, 2.05) is 30.3 Å². The second kappa shape index (κ2) is 8.84. The Labute approximate surface area is 173 Å². The van der Waals surface area contributed by atoms with E-state index >= 15 is 0 Å². The van der Waals surface area contributed by atoms with Crippen molar-refractivity contribution in [2.45, 2.75) is 19.0 Å². The lowest BCUT2D eigenvalue weighted by Crippen LogP contribution is -2.42. The van der Waals surface area contributed by atoms with Crippen LogP contribution in [0.3, 0.4) is 0 Å². The van der Waals surface area contributed by atoms with E-state index in [4.69, 9.17) is 16.3 Å². The quantitative estimate of drug-likeness (QED) is 0.696. The van der Waals surface area contributed by atoms with E-state index in [2.05, 4.69) is 0 Å². The third-order valence-corrected chi connectivity index (χ3v) is 6.66. The van der Waals surface area contributed by atoms with Crippen LogP contribution < -0.4 is 0 Å². The van der Waals surface area contributed by atoms with Gasteiger partial charge in [0.15, 0.2) is 16.4 Å². The summed E-state index contributed by atoms with van der Waals surface area (Å²) in [5.41, 5.74) is 0.729. The van der Waals surface area contributed by atoms with E-state index in [0.717, 1.165) is 5.56 Å². The van der Waals surface area contributed by atoms with Crippen LogP contribution in [-0.2, 0) is 25.9 Å². The van der Waals surface area contributed by atoms with Crippen LogP contribution >= 0.6 is 11.6 Å². The van der Waals surface area contributed by atoms with Crippen molar-refractivity contribution >= 4 is 33.3 Å². The number of carbonyl (C=O) groups excluding carboxylic acids is 2. The average Bonchev–Trinajstić information content (AvgIpc) is 3.04. The first-order valence-electron chi connectivity index (χ1n) is 8.94. The number of benzene rings is 2. The van der Waals surface area contributed by atoms with E-state index in [0.29, 0.717) is 6.42 Å². The molecule has 1 amide bonds. The van der Waals surface area contributed by atoms with Crippen molar-refractivity contribution in [1.29, 1.82) is 0 Å². The molecule has 3 rings (SSSR count). The predicted molar refractivity (Wildman–Crippen MR) is 107 cm³/mol. The molecular formula is C20H20ClNO6S. The summed E-state index contributed by atoms with van der Waals surface area (Å²) in [7, 11) is -3.20. The van der Waals surface area contributed by atoms with Crippen LogP contribution in [0.4, 0.5) is 0 Å². The number of halogens is 1. The standard InChI is InChI=1S/C20H20ClNO6S/c21-15-6-7-17(18(23)10-15)20(25)28-12-19(24)22(11-14-4-2-1-3-5-14)16-8-9-29(26,27)13-16/h1-7,10,16,23H,8-9,11-13H2/t16-/m0/s1. The van der Waals surface area contributed by atoms with Crippen molar-refractivity contribution in [3.63, 3.8) is 0 Å². The first-order chi connectivity index (χ1) is 13.7. The second-order valence-electron chi connectivity index (χ2n) is 6.80. The van der Waals surface area contributed by atoms with Crippen LogP contribution in [-0.4, -0.2) is 54.5 Å². The van der Waals surface area contributed by atoms with Gasteiger partial charge in [0.25, 0.3) is 5.91 Å². The molecule has 1 aliphatic rings. The van der Waals surface area contributed by atoms with E-state index < -0.39 is 34.4 Å². The molecule has 1 aliphatic heterocycles. The van der Waals surface area contributed by atoms with Gasteiger partial charge in [0, 0.05) is 17.6 Å². The molecule has 1 saturated heterocycles. The molecule has 1 fully saturated rings. The summed E-state index contributed by atoms with van der Waals surface area (Å²) in [5, 5.41) is 10.1. The number of rotatable bonds is 6. The third kappa shape index (κ3) is 5.48. The molecule has 1 atom stereocenters. The zero-order valence-corrected chi connectivity index (χ0v) is 17.0. The van der Waals surface area contributed by atoms with Gasteiger partial charge in [0.05, 0.1) is 11.5 Å². The monoisotopic (exact) mass is 437 g/mol. The maximum Gasteiger partial charge on any atom is 0.342 e. The Balaban J connectivity index is 1.71. The molecule has 0 aliphatic carbocycles. The molecule has 2 aromatic carbocycles. The number of phenolic OH excluding ortho intramolecular Hbond substituents is 1. The van der Waals surface area contributed by atoms with Crippen LogP contribution in [0.2, 0.25) is 5.02 Å². The molecule has 0 unspecified atom stereocenters. The highest BCUT2D eigenvalue weighted by Gasteiger charge is 2.35. The molecule has 1 N–H and O–H groups in total. The molecule has 0 aromatic heterocycles. The van der Waals surface area contributed by atoms with Crippen LogP contribution in [0.5, 0.6) is 5.75 Å². The lowest BCUT2D eigenvalue weighted by Gasteiger charge is -2.28. The van der Waals surface area contributed by atoms with Crippen LogP contribution in [0.1, 0.15) is 22.3 Å². The van der Waals surface area contributed by atoms with Gasteiger partial charge in [-0.05, 0) is 30.2 Å². The number of esters is 1. The molecule has 2 aromatic rings. The Morgan fingerprint density at radius 1 is 1.17 bits per heavy atom. The summed E-state index contributed by atoms with van der Waals surface area (Å²) in [6.07, 6.45) is 0.340. The van der Waals surface area contributed by atoms with E-state index in [1.54, 1.807) is 0 Å². The number of hydrogen-bond donors (Lipinski definition) is 1. The molecule has 0 spiro atoms. The number of nitrogens with zero attached hydrogens (tertiary/aromatic N) is 1. The molecule has 7 nitrogen and oxygen atoms in total. The maximum atomic E-state index is 12.8. The Hall–Kier alpha value is -2.58. The van der Waals surface area contributed by atoms with Gasteiger partial charge in [-0.1, -0.05) is 41.9 Å². The topological polar surface area (TPSA) is 101 Å². The molecule has 1 heterocycles. The molecule has 0 bridgehead atoms. The normalized spacial score (nSPS) is 17.6. The van der Waals surface area contributed by atoms with E-state index in [9.17, 15) is 23.1 Å². The summed E-state index contributed by atoms with van der Waals surface area (Å²) in [6, 6.07) is 12.6. The van der Waals surface area contributed by atoms with Crippen molar-refractivity contribution in [2.75, 3.05) is 18.1 Å². The Morgan fingerprint density at radius 3 is 2.52 bits per heavy atom. The van der Waals surface area contributed by atoms with Gasteiger partial charge in [0.1, 0.15) is 11.3 Å². The van der Waals surface area contributed by atoms with Crippen molar-refractivity contribution in [1.82, 2.24) is 4.90 Å². The lowest BCUT2D eigenvalue weighted by molar-refractivity contribution is -0.137. The Kier molecular flexibility index (Phi) is 6.44. The second-order valence-corrected chi connectivity index (χ2v) is 9.47. The summed E-state index contributed by atoms with van der Waals surface area (Å²) in [6.45, 7) is -0.353. The van der Waals surface area contributed by atoms with Gasteiger partial charge in [0.2, 0.25) is 0 Å². The van der Waals surface area contributed by atoms with E-state index in [1.165, 1.54) is 23.1 Å². The largest absolute Gasteiger partial charge is 0.507 e. The fourth-order valence-corrected chi connectivity index (χ4v) is 5.08. The van der Waals surface area contributed by atoms with Gasteiger partial charge in [-0.3, -0.25) is 4.79 Å². The molecule has 29 heavy (non-hydrogen) atoms. The van der Waals surface area contributed by atoms with Crippen LogP contribution in [0, 0.1) is 0 Å². The van der Waals surface area contributed by atoms with Gasteiger partial charge in [-0.15, -0.1) is 0 Å². The molecule has 154 valence electrons. The number of aromatic hydroxyl groups is 1. The van der Waals surface area contributed by atoms with Gasteiger partial charge in [-0.2, -0.15) is 0 Å². The summed E-state index contributed by atoms with van der Waals surface area (Å²) in [4.78, 5) is 26.4. The van der Waals surface area contributed by atoms with Crippen molar-refractivity contribution < 1.29 is 27.9 Å². The molecule has 9 heteroatoms. The van der Waals surface area contributed by atoms with Crippen molar-refractivity contribution in [3.8, 4) is 5.75 Å². The SMILES string of the molecule is O=C(OCC(=O)N(Cc1ccccc1)[C@H]1CCS(=O)(=O)C1)c1ccc(Cl)cc1O. The van der Waals surface area contributed by atoms with Gasteiger partial charge in [-0.25, -0.2) is 13.2 Å². The smallest absolute Gasteiger partial charge is 0.342 e. The van der Waals surface area contributed by atoms with Crippen molar-refractivity contribution in [2.24, 2.45) is 0 Å². The summed E-state index contributed by atoms with van der Waals surface area (Å²) >= 11 is 5.74. The third-order valence-electron chi connectivity index (χ3n) is 4.67. The first-order valence-corrected chi connectivity index (χ1v) is 11.1. The Bertz CT molecular complexity index is 1010. The van der Waals surface area contributed by atoms with Crippen molar-refractivity contribution in [3.05, 3.63) is 64.7 Å². The summed E-state index contributed by atoms with van der Waals surface area (Å²) < 4.78 is 28.8. The zero-order chi connectivity index (χ0) is 21.0. The van der Waals surface area contributed by atoms with E-state index in [-0.39, 0.29) is 34.4 Å². The van der Waals surface area contributed by atoms with Gasteiger partial charge >= 0.3 is 5.97 Å². The molecular weight excluding hydrogens is 418 g/mol. The zero-order valence-electron chi connectivity index (χ0n) is 15.5. The highest BCUT2D eigenvalue weighted by Crippen LogP contribution is 2.23. The summed E-state index contributed by atoms with van der Waals surface area (Å²) in [5.74, 6) is -1.81. The maximum absolute atomic E-state index is 12.8. The number of phenols is 1. The highest BCUT2D eigenvalue weighted by molar-refractivity contribution is 7.91. The van der Waals surface area contributed by atoms with Crippen LogP contribution in [0.15, 0.2) is 48.5 Å². The minimum absolute atomic E-state index is 0.0225. The number of sulfone groups is 1. The highest BCUT2D eigenvalue weighted by atomic mass is 35.5. The Morgan fingerprint density at radius 2 is 1.90 bits per heavy atom. The predicted octanol–water partition coefficient (Wildman–Crippen LogP) is 2.42. The lowest BCUT2D eigenvalue weighted by atomic mass is 10.1. The fourth-order valence-electron chi connectivity index (χ4n) is 3.19. The number of hydrogen-bond acceptors (Lipinski definition) is 6. The minimum atomic E-state index is -3.20. The minimum Gasteiger partial charge on any atom is -0.507 e. The first kappa shape index (κ1) is 21.1. The number of carbonyl (C=O) groups is 2. The molecule has 0 radical (unpaired) electrons. The average molecular weight is 438 g/mol. The number of ether oxygens (including phenoxy) is 1.